The second-order valence-corrected chi connectivity index (χ2v) is 8.06. The van der Waals surface area contributed by atoms with Crippen molar-refractivity contribution in [3.63, 3.8) is 0 Å². The van der Waals surface area contributed by atoms with Crippen LogP contribution in [0.2, 0.25) is 0 Å². The molecule has 0 unspecified atom stereocenters. The molecule has 3 aromatic carbocycles. The lowest BCUT2D eigenvalue weighted by Crippen LogP contribution is -2.41. The average Bonchev–Trinajstić information content (AvgIpc) is 3.11. The molecular formula is C26H22N2O3. The molecule has 5 rings (SSSR count). The number of nitrogens with zero attached hydrogens (tertiary/aromatic N) is 1. The monoisotopic (exact) mass is 410 g/mol. The Hall–Kier alpha value is -3.73. The number of carbonyl (C=O) groups is 3. The molecule has 3 aromatic rings. The Morgan fingerprint density at radius 3 is 2.16 bits per heavy atom. The Morgan fingerprint density at radius 2 is 1.42 bits per heavy atom. The Kier molecular flexibility index (Phi) is 4.86. The van der Waals surface area contributed by atoms with Crippen molar-refractivity contribution in [3.8, 4) is 11.1 Å². The molecule has 1 fully saturated rings. The van der Waals surface area contributed by atoms with Crippen LogP contribution in [0.3, 0.4) is 0 Å². The SMILES string of the molecule is O=C1c2ccccc2-c2ccc(C(=O)N3CCC(C(=O)Nc4ccccc4)CC3)cc21. The minimum atomic E-state index is -0.111. The highest BCUT2D eigenvalue weighted by atomic mass is 16.2. The number of piperidine rings is 1. The molecule has 0 saturated carbocycles. The van der Waals surface area contributed by atoms with Gasteiger partial charge >= 0.3 is 0 Å². The molecule has 31 heavy (non-hydrogen) atoms. The van der Waals surface area contributed by atoms with Crippen molar-refractivity contribution in [3.05, 3.63) is 89.5 Å². The Morgan fingerprint density at radius 1 is 0.774 bits per heavy atom. The highest BCUT2D eigenvalue weighted by Gasteiger charge is 2.30. The Balaban J connectivity index is 1.25. The lowest BCUT2D eigenvalue weighted by atomic mass is 9.95. The van der Waals surface area contributed by atoms with Gasteiger partial charge in [-0.1, -0.05) is 48.5 Å². The fourth-order valence-electron chi connectivity index (χ4n) is 4.45. The van der Waals surface area contributed by atoms with Gasteiger partial charge in [-0.25, -0.2) is 0 Å². The lowest BCUT2D eigenvalue weighted by Gasteiger charge is -2.31. The van der Waals surface area contributed by atoms with Gasteiger partial charge in [0.25, 0.3) is 5.91 Å². The van der Waals surface area contributed by atoms with E-state index < -0.39 is 0 Å². The topological polar surface area (TPSA) is 66.5 Å². The van der Waals surface area contributed by atoms with Gasteiger partial charge in [0.2, 0.25) is 5.91 Å². The molecule has 1 aliphatic carbocycles. The van der Waals surface area contributed by atoms with Crippen LogP contribution < -0.4 is 5.32 Å². The predicted octanol–water partition coefficient (Wildman–Crippen LogP) is 4.39. The number of ketones is 1. The average molecular weight is 410 g/mol. The first kappa shape index (κ1) is 19.2. The second-order valence-electron chi connectivity index (χ2n) is 8.06. The summed E-state index contributed by atoms with van der Waals surface area (Å²) in [6.45, 7) is 1.05. The molecule has 1 heterocycles. The van der Waals surface area contributed by atoms with Gasteiger partial charge in [0.15, 0.2) is 5.78 Å². The number of benzene rings is 3. The summed E-state index contributed by atoms with van der Waals surface area (Å²) in [7, 11) is 0. The van der Waals surface area contributed by atoms with Crippen LogP contribution in [0.25, 0.3) is 11.1 Å². The van der Waals surface area contributed by atoms with E-state index in [2.05, 4.69) is 5.32 Å². The zero-order chi connectivity index (χ0) is 21.4. The summed E-state index contributed by atoms with van der Waals surface area (Å²) in [5, 5.41) is 2.95. The molecule has 0 aromatic heterocycles. The first-order chi connectivity index (χ1) is 15.1. The molecule has 2 aliphatic rings. The highest BCUT2D eigenvalue weighted by molar-refractivity contribution is 6.22. The van der Waals surface area contributed by atoms with E-state index in [1.807, 2.05) is 60.7 Å². The van der Waals surface area contributed by atoms with E-state index in [1.165, 1.54) is 0 Å². The molecule has 0 bridgehead atoms. The van der Waals surface area contributed by atoms with Crippen molar-refractivity contribution in [2.75, 3.05) is 18.4 Å². The number of rotatable bonds is 3. The van der Waals surface area contributed by atoms with Crippen LogP contribution in [0.5, 0.6) is 0 Å². The largest absolute Gasteiger partial charge is 0.339 e. The first-order valence-electron chi connectivity index (χ1n) is 10.5. The summed E-state index contributed by atoms with van der Waals surface area (Å²) >= 11 is 0. The molecule has 2 amide bonds. The van der Waals surface area contributed by atoms with Gasteiger partial charge < -0.3 is 10.2 Å². The molecule has 1 N–H and O–H groups in total. The van der Waals surface area contributed by atoms with E-state index in [0.29, 0.717) is 42.6 Å². The second kappa shape index (κ2) is 7.84. The van der Waals surface area contributed by atoms with E-state index >= 15 is 0 Å². The van der Waals surface area contributed by atoms with Crippen molar-refractivity contribution < 1.29 is 14.4 Å². The van der Waals surface area contributed by atoms with Crippen LogP contribution in [0.1, 0.15) is 39.1 Å². The van der Waals surface area contributed by atoms with Gasteiger partial charge in [-0.3, -0.25) is 14.4 Å². The van der Waals surface area contributed by atoms with Crippen molar-refractivity contribution in [2.45, 2.75) is 12.8 Å². The van der Waals surface area contributed by atoms with Gasteiger partial charge in [0.05, 0.1) is 0 Å². The van der Waals surface area contributed by atoms with E-state index in [0.717, 1.165) is 16.8 Å². The van der Waals surface area contributed by atoms with E-state index in [1.54, 1.807) is 17.0 Å². The maximum Gasteiger partial charge on any atom is 0.253 e. The normalized spacial score (nSPS) is 15.4. The number of carbonyl (C=O) groups excluding carboxylic acids is 3. The highest BCUT2D eigenvalue weighted by Crippen LogP contribution is 2.37. The molecule has 1 saturated heterocycles. The zero-order valence-electron chi connectivity index (χ0n) is 17.0. The third-order valence-corrected chi connectivity index (χ3v) is 6.17. The van der Waals surface area contributed by atoms with Crippen LogP contribution in [0, 0.1) is 5.92 Å². The third kappa shape index (κ3) is 3.52. The van der Waals surface area contributed by atoms with Crippen LogP contribution in [-0.4, -0.2) is 35.6 Å². The Bertz CT molecular complexity index is 1180. The standard InChI is InChI=1S/C26H22N2O3/c29-24-22-9-5-4-8-20(22)21-11-10-18(16-23(21)24)26(31)28-14-12-17(13-15-28)25(30)27-19-6-2-1-3-7-19/h1-11,16-17H,12-15H2,(H,27,30). The zero-order valence-corrected chi connectivity index (χ0v) is 17.0. The fraction of sp³-hybridized carbons (Fsp3) is 0.192. The molecule has 0 spiro atoms. The van der Waals surface area contributed by atoms with Crippen LogP contribution >= 0.6 is 0 Å². The number of amides is 2. The summed E-state index contributed by atoms with van der Waals surface area (Å²) in [5.74, 6) is -0.232. The summed E-state index contributed by atoms with van der Waals surface area (Å²) in [6, 6.07) is 22.3. The molecule has 5 heteroatoms. The predicted molar refractivity (Wildman–Crippen MR) is 119 cm³/mol. The maximum atomic E-state index is 13.1. The number of hydrogen-bond acceptors (Lipinski definition) is 3. The molecule has 5 nitrogen and oxygen atoms in total. The number of fused-ring (bicyclic) bond motifs is 3. The minimum absolute atomic E-state index is 0.000749. The van der Waals surface area contributed by atoms with Crippen molar-refractivity contribution >= 4 is 23.3 Å². The van der Waals surface area contributed by atoms with Crippen LogP contribution in [-0.2, 0) is 4.79 Å². The maximum absolute atomic E-state index is 13.1. The summed E-state index contributed by atoms with van der Waals surface area (Å²) in [4.78, 5) is 40.1. The minimum Gasteiger partial charge on any atom is -0.339 e. The molecular weight excluding hydrogens is 388 g/mol. The van der Waals surface area contributed by atoms with Crippen LogP contribution in [0.15, 0.2) is 72.8 Å². The van der Waals surface area contributed by atoms with Gasteiger partial charge in [-0.05, 0) is 48.2 Å². The van der Waals surface area contributed by atoms with Crippen molar-refractivity contribution in [1.82, 2.24) is 4.90 Å². The molecule has 0 atom stereocenters. The summed E-state index contributed by atoms with van der Waals surface area (Å²) in [5.41, 5.74) is 4.39. The number of hydrogen-bond donors (Lipinski definition) is 1. The van der Waals surface area contributed by atoms with Gasteiger partial charge in [-0.15, -0.1) is 0 Å². The van der Waals surface area contributed by atoms with E-state index in [9.17, 15) is 14.4 Å². The number of anilines is 1. The quantitative estimate of drug-likeness (QED) is 0.545. The molecule has 154 valence electrons. The summed E-state index contributed by atoms with van der Waals surface area (Å²) in [6.07, 6.45) is 1.25. The van der Waals surface area contributed by atoms with Crippen molar-refractivity contribution in [1.29, 1.82) is 0 Å². The van der Waals surface area contributed by atoms with E-state index in [-0.39, 0.29) is 23.5 Å². The van der Waals surface area contributed by atoms with Crippen LogP contribution in [0.4, 0.5) is 5.69 Å². The van der Waals surface area contributed by atoms with Gasteiger partial charge in [0.1, 0.15) is 0 Å². The fourth-order valence-corrected chi connectivity index (χ4v) is 4.45. The lowest BCUT2D eigenvalue weighted by molar-refractivity contribution is -0.121. The third-order valence-electron chi connectivity index (χ3n) is 6.17. The molecule has 1 aliphatic heterocycles. The smallest absolute Gasteiger partial charge is 0.253 e. The summed E-state index contributed by atoms with van der Waals surface area (Å²) < 4.78 is 0. The van der Waals surface area contributed by atoms with Gasteiger partial charge in [0, 0.05) is 41.4 Å². The number of para-hydroxylation sites is 1. The van der Waals surface area contributed by atoms with Crippen molar-refractivity contribution in [2.24, 2.45) is 5.92 Å². The molecule has 0 radical (unpaired) electrons. The first-order valence-corrected chi connectivity index (χ1v) is 10.5. The van der Waals surface area contributed by atoms with E-state index in [4.69, 9.17) is 0 Å². The number of likely N-dealkylation sites (tertiary alicyclic amines) is 1. The number of nitrogens with one attached hydrogen (secondary N) is 1. The van der Waals surface area contributed by atoms with Gasteiger partial charge in [-0.2, -0.15) is 0 Å². The Labute approximate surface area is 180 Å².